The molecule has 2 amide bonds. The third kappa shape index (κ3) is 4.59. The number of amides is 2. The number of benzene rings is 2. The molecule has 1 aromatic heterocycles. The molecule has 3 aromatic rings. The summed E-state index contributed by atoms with van der Waals surface area (Å²) in [7, 11) is 0. The number of anilines is 5. The van der Waals surface area contributed by atoms with Crippen molar-refractivity contribution in [3.8, 4) is 0 Å². The van der Waals surface area contributed by atoms with Gasteiger partial charge in [0, 0.05) is 30.2 Å². The molecule has 0 saturated carbocycles. The molecule has 142 valence electrons. The fraction of sp³-hybridized carbons (Fsp3) is 0.182. The number of hydrogen-bond acceptors (Lipinski definition) is 4. The molecule has 28 heavy (non-hydrogen) atoms. The first-order chi connectivity index (χ1) is 13.8. The molecule has 6 heteroatoms. The summed E-state index contributed by atoms with van der Waals surface area (Å²) in [5.41, 5.74) is 3.87. The van der Waals surface area contributed by atoms with E-state index in [0.29, 0.717) is 5.82 Å². The van der Waals surface area contributed by atoms with E-state index in [1.807, 2.05) is 36.4 Å². The van der Waals surface area contributed by atoms with E-state index in [1.165, 1.54) is 18.5 Å². The van der Waals surface area contributed by atoms with Gasteiger partial charge < -0.3 is 15.5 Å². The first-order valence-corrected chi connectivity index (χ1v) is 9.47. The van der Waals surface area contributed by atoms with Crippen LogP contribution in [0.3, 0.4) is 0 Å². The third-order valence-corrected chi connectivity index (χ3v) is 4.66. The highest BCUT2D eigenvalue weighted by Crippen LogP contribution is 2.24. The van der Waals surface area contributed by atoms with Crippen molar-refractivity contribution in [1.82, 2.24) is 4.98 Å². The lowest BCUT2D eigenvalue weighted by Gasteiger charge is -2.18. The maximum absolute atomic E-state index is 12.0. The van der Waals surface area contributed by atoms with Gasteiger partial charge in [0.25, 0.3) is 0 Å². The minimum atomic E-state index is -0.322. The summed E-state index contributed by atoms with van der Waals surface area (Å²) in [6.45, 7) is 2.28. The summed E-state index contributed by atoms with van der Waals surface area (Å²) >= 11 is 0. The van der Waals surface area contributed by atoms with E-state index in [1.54, 1.807) is 12.3 Å². The number of urea groups is 1. The monoisotopic (exact) mass is 373 g/mol. The van der Waals surface area contributed by atoms with Crippen LogP contribution in [0.1, 0.15) is 12.8 Å². The van der Waals surface area contributed by atoms with Gasteiger partial charge in [0.05, 0.1) is 11.9 Å². The molecule has 0 atom stereocenters. The summed E-state index contributed by atoms with van der Waals surface area (Å²) < 4.78 is 0. The third-order valence-electron chi connectivity index (χ3n) is 4.66. The Balaban J connectivity index is 1.32. The van der Waals surface area contributed by atoms with Crippen molar-refractivity contribution in [3.05, 3.63) is 72.9 Å². The average Bonchev–Trinajstić information content (AvgIpc) is 3.26. The van der Waals surface area contributed by atoms with Crippen LogP contribution in [0.25, 0.3) is 0 Å². The number of rotatable bonds is 5. The topological polar surface area (TPSA) is 69.3 Å². The Morgan fingerprint density at radius 1 is 0.786 bits per heavy atom. The molecule has 2 heterocycles. The molecule has 1 aliphatic rings. The zero-order valence-corrected chi connectivity index (χ0v) is 15.6. The zero-order valence-electron chi connectivity index (χ0n) is 15.6. The van der Waals surface area contributed by atoms with Crippen LogP contribution in [0.4, 0.5) is 33.4 Å². The molecule has 3 N–H and O–H groups in total. The van der Waals surface area contributed by atoms with Gasteiger partial charge in [-0.15, -0.1) is 0 Å². The van der Waals surface area contributed by atoms with Crippen molar-refractivity contribution in [2.45, 2.75) is 12.8 Å². The molecule has 0 unspecified atom stereocenters. The Kier molecular flexibility index (Phi) is 5.38. The zero-order chi connectivity index (χ0) is 19.2. The maximum atomic E-state index is 12.0. The number of carbonyl (C=O) groups is 1. The van der Waals surface area contributed by atoms with Gasteiger partial charge in [-0.1, -0.05) is 18.2 Å². The van der Waals surface area contributed by atoms with Crippen LogP contribution in [0, 0.1) is 0 Å². The highest BCUT2D eigenvalue weighted by atomic mass is 16.2. The molecule has 2 aromatic carbocycles. The Morgan fingerprint density at radius 2 is 1.50 bits per heavy atom. The Labute approximate surface area is 164 Å². The number of carbonyl (C=O) groups excluding carboxylic acids is 1. The smallest absolute Gasteiger partial charge is 0.324 e. The normalized spacial score (nSPS) is 13.2. The number of pyridine rings is 1. The van der Waals surface area contributed by atoms with Crippen molar-refractivity contribution >= 4 is 34.6 Å². The van der Waals surface area contributed by atoms with Crippen LogP contribution in [-0.4, -0.2) is 24.1 Å². The molecule has 0 spiro atoms. The fourth-order valence-electron chi connectivity index (χ4n) is 3.24. The predicted molar refractivity (Wildman–Crippen MR) is 114 cm³/mol. The highest BCUT2D eigenvalue weighted by Gasteiger charge is 2.11. The van der Waals surface area contributed by atoms with Crippen LogP contribution < -0.4 is 20.9 Å². The molecule has 0 aliphatic carbocycles. The fourth-order valence-corrected chi connectivity index (χ4v) is 3.24. The molecule has 1 aliphatic heterocycles. The van der Waals surface area contributed by atoms with Crippen molar-refractivity contribution < 1.29 is 4.79 Å². The summed E-state index contributed by atoms with van der Waals surface area (Å²) in [6, 6.07) is 21.1. The number of para-hydroxylation sites is 1. The minimum absolute atomic E-state index is 0.322. The maximum Gasteiger partial charge on any atom is 0.324 e. The molecule has 0 radical (unpaired) electrons. The summed E-state index contributed by atoms with van der Waals surface area (Å²) in [4.78, 5) is 18.7. The van der Waals surface area contributed by atoms with Gasteiger partial charge in [0.15, 0.2) is 0 Å². The van der Waals surface area contributed by atoms with E-state index < -0.39 is 0 Å². The van der Waals surface area contributed by atoms with E-state index in [0.717, 1.165) is 30.2 Å². The SMILES string of the molecule is O=C(Nc1ccccc1)Nc1ccc(Nc2ccc(N3CCCC3)cc2)cn1. The van der Waals surface area contributed by atoms with E-state index in [2.05, 4.69) is 50.1 Å². The van der Waals surface area contributed by atoms with Crippen molar-refractivity contribution in [2.24, 2.45) is 0 Å². The second kappa shape index (κ2) is 8.43. The molecule has 6 nitrogen and oxygen atoms in total. The molecule has 0 bridgehead atoms. The van der Waals surface area contributed by atoms with Crippen LogP contribution in [0.5, 0.6) is 0 Å². The van der Waals surface area contributed by atoms with Gasteiger partial charge in [-0.25, -0.2) is 9.78 Å². The molecule has 4 rings (SSSR count). The second-order valence-corrected chi connectivity index (χ2v) is 6.74. The van der Waals surface area contributed by atoms with Crippen LogP contribution >= 0.6 is 0 Å². The van der Waals surface area contributed by atoms with E-state index in [4.69, 9.17) is 0 Å². The molecule has 1 saturated heterocycles. The molecular formula is C22H23N5O. The van der Waals surface area contributed by atoms with Crippen LogP contribution in [0.15, 0.2) is 72.9 Å². The Bertz CT molecular complexity index is 904. The van der Waals surface area contributed by atoms with Crippen molar-refractivity contribution in [3.63, 3.8) is 0 Å². The van der Waals surface area contributed by atoms with Gasteiger partial charge in [-0.3, -0.25) is 5.32 Å². The summed E-state index contributed by atoms with van der Waals surface area (Å²) in [5, 5.41) is 8.82. The molecular weight excluding hydrogens is 350 g/mol. The Morgan fingerprint density at radius 3 is 2.18 bits per heavy atom. The highest BCUT2D eigenvalue weighted by molar-refractivity contribution is 5.99. The lowest BCUT2D eigenvalue weighted by atomic mass is 10.2. The Hall–Kier alpha value is -3.54. The van der Waals surface area contributed by atoms with E-state index >= 15 is 0 Å². The van der Waals surface area contributed by atoms with Crippen molar-refractivity contribution in [1.29, 1.82) is 0 Å². The second-order valence-electron chi connectivity index (χ2n) is 6.74. The van der Waals surface area contributed by atoms with Crippen molar-refractivity contribution in [2.75, 3.05) is 33.9 Å². The largest absolute Gasteiger partial charge is 0.372 e. The standard InChI is InChI=1S/C22H23N5O/c28-22(25-17-6-2-1-3-7-17)26-21-13-10-19(16-23-21)24-18-8-11-20(12-9-18)27-14-4-5-15-27/h1-3,6-13,16,24H,4-5,14-15H2,(H2,23,25,26,28). The number of nitrogens with zero attached hydrogens (tertiary/aromatic N) is 2. The van der Waals surface area contributed by atoms with E-state index in [9.17, 15) is 4.79 Å². The minimum Gasteiger partial charge on any atom is -0.372 e. The van der Waals surface area contributed by atoms with Gasteiger partial charge in [-0.2, -0.15) is 0 Å². The van der Waals surface area contributed by atoms with Crippen LogP contribution in [-0.2, 0) is 0 Å². The van der Waals surface area contributed by atoms with Gasteiger partial charge in [0.1, 0.15) is 5.82 Å². The van der Waals surface area contributed by atoms with Gasteiger partial charge in [-0.05, 0) is 61.4 Å². The lowest BCUT2D eigenvalue weighted by molar-refractivity contribution is 0.262. The van der Waals surface area contributed by atoms with E-state index in [-0.39, 0.29) is 6.03 Å². The predicted octanol–water partition coefficient (Wildman–Crippen LogP) is 5.07. The van der Waals surface area contributed by atoms with Gasteiger partial charge >= 0.3 is 6.03 Å². The number of hydrogen-bond donors (Lipinski definition) is 3. The van der Waals surface area contributed by atoms with Gasteiger partial charge in [0.2, 0.25) is 0 Å². The average molecular weight is 373 g/mol. The van der Waals surface area contributed by atoms with Crippen LogP contribution in [0.2, 0.25) is 0 Å². The lowest BCUT2D eigenvalue weighted by Crippen LogP contribution is -2.19. The summed E-state index contributed by atoms with van der Waals surface area (Å²) in [6.07, 6.45) is 4.25. The first-order valence-electron chi connectivity index (χ1n) is 9.47. The number of nitrogens with one attached hydrogen (secondary N) is 3. The first kappa shape index (κ1) is 17.9. The molecule has 1 fully saturated rings. The quantitative estimate of drug-likeness (QED) is 0.584. The number of aromatic nitrogens is 1. The summed E-state index contributed by atoms with van der Waals surface area (Å²) in [5.74, 6) is 0.489.